The highest BCUT2D eigenvalue weighted by atomic mass is 16.7. The van der Waals surface area contributed by atoms with Gasteiger partial charge in [0.2, 0.25) is 5.91 Å². The Morgan fingerprint density at radius 1 is 1.12 bits per heavy atom. The summed E-state index contributed by atoms with van der Waals surface area (Å²) in [4.78, 5) is 74.2. The van der Waals surface area contributed by atoms with E-state index < -0.39 is 59.7 Å². The molecule has 1 saturated heterocycles. The number of fused-ring (bicyclic) bond motifs is 3. The molecule has 3 heterocycles. The molecule has 1 aliphatic carbocycles. The highest BCUT2D eigenvalue weighted by molar-refractivity contribution is 5.76. The summed E-state index contributed by atoms with van der Waals surface area (Å²) in [6.45, 7) is 0.270. The van der Waals surface area contributed by atoms with E-state index in [2.05, 4.69) is 15.3 Å². The summed E-state index contributed by atoms with van der Waals surface area (Å²) >= 11 is 0. The zero-order chi connectivity index (χ0) is 35.8. The lowest BCUT2D eigenvalue weighted by molar-refractivity contribution is -0.252. The number of carbonyl (C=O) groups is 3. The number of hydroxylamine groups is 3. The van der Waals surface area contributed by atoms with Crippen LogP contribution in [-0.2, 0) is 37.4 Å². The Hall–Kier alpha value is -4.90. The number of unbranched alkanes of at least 4 members (excludes halogenated alkanes) is 2. The van der Waals surface area contributed by atoms with Crippen molar-refractivity contribution in [1.82, 2.24) is 29.8 Å². The lowest BCUT2D eigenvalue weighted by atomic mass is 9.90. The van der Waals surface area contributed by atoms with E-state index in [0.29, 0.717) is 31.3 Å². The average molecular weight is 698 g/mol. The van der Waals surface area contributed by atoms with Gasteiger partial charge in [0.25, 0.3) is 0 Å². The van der Waals surface area contributed by atoms with Gasteiger partial charge in [-0.1, -0.05) is 47.9 Å². The fourth-order valence-electron chi connectivity index (χ4n) is 6.61. The third-order valence-electron chi connectivity index (χ3n) is 9.29. The fraction of sp³-hybridized carbons (Fsp3) is 0.594. The van der Waals surface area contributed by atoms with Gasteiger partial charge in [0, 0.05) is 44.4 Å². The Balaban J connectivity index is 1.45. The number of ether oxygens (including phenoxy) is 2. The first-order chi connectivity index (χ1) is 24.2. The van der Waals surface area contributed by atoms with Gasteiger partial charge in [-0.25, -0.2) is 33.8 Å². The molecular formula is C32H43N9O9. The van der Waals surface area contributed by atoms with E-state index in [1.807, 2.05) is 30.3 Å². The number of hydrogen-bond acceptors (Lipinski definition) is 11. The molecule has 0 radical (unpaired) electrons. The van der Waals surface area contributed by atoms with Gasteiger partial charge in [-0.05, 0) is 54.7 Å². The quantitative estimate of drug-likeness (QED) is 0.0338. The summed E-state index contributed by atoms with van der Waals surface area (Å²) in [6.07, 6.45) is 3.22. The van der Waals surface area contributed by atoms with Crippen LogP contribution in [0.5, 0.6) is 0 Å². The maximum Gasteiger partial charge on any atom is 0.407 e. The van der Waals surface area contributed by atoms with Crippen molar-refractivity contribution in [3.63, 3.8) is 0 Å². The van der Waals surface area contributed by atoms with Gasteiger partial charge in [0.1, 0.15) is 30.3 Å². The Morgan fingerprint density at radius 2 is 1.86 bits per heavy atom. The van der Waals surface area contributed by atoms with Crippen LogP contribution in [0.3, 0.4) is 0 Å². The molecule has 0 spiro atoms. The van der Waals surface area contributed by atoms with Crippen molar-refractivity contribution >= 4 is 18.0 Å². The number of carbonyl (C=O) groups excluding carboxylic acids is 3. The lowest BCUT2D eigenvalue weighted by Gasteiger charge is -2.46. The normalized spacial score (nSPS) is 21.0. The highest BCUT2D eigenvalue weighted by Crippen LogP contribution is 2.46. The van der Waals surface area contributed by atoms with E-state index in [-0.39, 0.29) is 38.4 Å². The minimum Gasteiger partial charge on any atom is -0.468 e. The molecule has 18 nitrogen and oxygen atoms in total. The Morgan fingerprint density at radius 3 is 2.54 bits per heavy atom. The molecule has 5 atom stereocenters. The Bertz CT molecular complexity index is 1730. The highest BCUT2D eigenvalue weighted by Gasteiger charge is 2.51. The van der Waals surface area contributed by atoms with Crippen LogP contribution >= 0.6 is 0 Å². The van der Waals surface area contributed by atoms with Crippen molar-refractivity contribution in [2.45, 2.75) is 81.7 Å². The molecule has 18 heteroatoms. The summed E-state index contributed by atoms with van der Waals surface area (Å²) in [5.41, 5.74) is 11.0. The first kappa shape index (κ1) is 36.4. The summed E-state index contributed by atoms with van der Waals surface area (Å²) < 4.78 is 14.7. The molecule has 2 amide bonds. The van der Waals surface area contributed by atoms with Crippen molar-refractivity contribution in [3.05, 3.63) is 79.0 Å². The smallest absolute Gasteiger partial charge is 0.407 e. The van der Waals surface area contributed by atoms with Crippen molar-refractivity contribution in [2.24, 2.45) is 18.1 Å². The van der Waals surface area contributed by atoms with Crippen molar-refractivity contribution in [3.8, 4) is 0 Å². The van der Waals surface area contributed by atoms with E-state index in [1.54, 1.807) is 16.6 Å². The molecule has 0 unspecified atom stereocenters. The molecule has 3 N–H and O–H groups in total. The number of alkyl carbamates (subject to hydrolysis) is 1. The third kappa shape index (κ3) is 8.27. The van der Waals surface area contributed by atoms with Crippen LogP contribution in [0.2, 0.25) is 0 Å². The fourth-order valence-corrected chi connectivity index (χ4v) is 6.61. The van der Waals surface area contributed by atoms with Crippen molar-refractivity contribution in [2.75, 3.05) is 26.7 Å². The number of nitrogens with zero attached hydrogens (tertiary/aromatic N) is 7. The lowest BCUT2D eigenvalue weighted by Crippen LogP contribution is -2.56. The van der Waals surface area contributed by atoms with Crippen LogP contribution in [0.1, 0.15) is 62.6 Å². The van der Waals surface area contributed by atoms with Gasteiger partial charge < -0.3 is 14.8 Å². The van der Waals surface area contributed by atoms with Crippen LogP contribution in [0.25, 0.3) is 10.4 Å². The molecule has 1 aromatic heterocycles. The number of aromatic nitrogens is 3. The summed E-state index contributed by atoms with van der Waals surface area (Å²) in [7, 11) is 2.69. The number of rotatable bonds is 16. The molecule has 2 aliphatic heterocycles. The minimum absolute atomic E-state index is 0.0352. The molecule has 0 bridgehead atoms. The summed E-state index contributed by atoms with van der Waals surface area (Å²) in [5.74, 6) is -0.923. The molecule has 3 aliphatic rings. The largest absolute Gasteiger partial charge is 0.468 e. The number of benzene rings is 1. The molecule has 5 rings (SSSR count). The van der Waals surface area contributed by atoms with Crippen LogP contribution < -0.4 is 22.2 Å². The topological polar surface area (TPSA) is 224 Å². The van der Waals surface area contributed by atoms with Gasteiger partial charge in [-0.2, -0.15) is 5.06 Å². The van der Waals surface area contributed by atoms with Gasteiger partial charge in [-0.15, -0.1) is 0 Å². The van der Waals surface area contributed by atoms with Gasteiger partial charge in [-0.3, -0.25) is 19.6 Å². The molecule has 2 aromatic rings. The second-order valence-electron chi connectivity index (χ2n) is 12.7. The van der Waals surface area contributed by atoms with Crippen LogP contribution in [-0.4, -0.2) is 87.2 Å². The number of azide groups is 1. The number of nitrogens with one attached hydrogen (secondary N) is 2. The SMILES string of the molecule is COC(=O)[C@H](Cc1ccccc1)N1CC2=C[C@H]([C@H](CCN=[N+]=[N-])OC(=O)NCCCCCC(=O)NO)n3c(=O)n(C)c(=O)n3[C@@H]2[C@@H](C2CC2)O1. The molecule has 1 saturated carbocycles. The monoisotopic (exact) mass is 697 g/mol. The van der Waals surface area contributed by atoms with Gasteiger partial charge in [0.15, 0.2) is 0 Å². The zero-order valence-electron chi connectivity index (χ0n) is 28.1. The maximum absolute atomic E-state index is 13.7. The standard InChI is InChI=1S/C32H43N9O9/c1-38-31(45)40-23(25(14-16-35-37-33)49-30(44)34-15-8-4-7-11-26(42)36-47)18-22-19-39(24(29(43)48-2)17-20-9-5-3-6-10-20)50-28(21-12-13-21)27(22)41(40)32(38)46/h3,5-6,9-10,18,21,23-25,27-28,47H,4,7-8,11-17,19H2,1-2H3,(H,34,44)(H,36,42)/t23-,24+,25+,27+,28-/m1/s1. The second-order valence-corrected chi connectivity index (χ2v) is 12.7. The van der Waals surface area contributed by atoms with Crippen LogP contribution in [0, 0.1) is 5.92 Å². The minimum atomic E-state index is -1.04. The van der Waals surface area contributed by atoms with E-state index >= 15 is 0 Å². The van der Waals surface area contributed by atoms with Gasteiger partial charge in [0.05, 0.1) is 7.11 Å². The zero-order valence-corrected chi connectivity index (χ0v) is 28.1. The predicted molar refractivity (Wildman–Crippen MR) is 176 cm³/mol. The molecule has 2 fully saturated rings. The number of amides is 2. The number of methoxy groups -OCH3 is 1. The van der Waals surface area contributed by atoms with E-state index in [0.717, 1.165) is 23.0 Å². The average Bonchev–Trinajstić information content (AvgIpc) is 3.95. The van der Waals surface area contributed by atoms with Crippen molar-refractivity contribution in [1.29, 1.82) is 0 Å². The van der Waals surface area contributed by atoms with Crippen LogP contribution in [0.4, 0.5) is 4.79 Å². The number of hydrogen-bond donors (Lipinski definition) is 3. The first-order valence-corrected chi connectivity index (χ1v) is 16.7. The van der Waals surface area contributed by atoms with E-state index in [1.165, 1.54) is 23.5 Å². The van der Waals surface area contributed by atoms with E-state index in [4.69, 9.17) is 25.0 Å². The third-order valence-corrected chi connectivity index (χ3v) is 9.29. The summed E-state index contributed by atoms with van der Waals surface area (Å²) in [5, 5.41) is 16.5. The molecular weight excluding hydrogens is 654 g/mol. The van der Waals surface area contributed by atoms with E-state index in [9.17, 15) is 24.0 Å². The van der Waals surface area contributed by atoms with Crippen molar-refractivity contribution < 1.29 is 33.9 Å². The Labute approximate surface area is 287 Å². The molecule has 270 valence electrons. The molecule has 50 heavy (non-hydrogen) atoms. The number of esters is 1. The maximum atomic E-state index is 13.7. The Kier molecular flexibility index (Phi) is 12.1. The van der Waals surface area contributed by atoms with Crippen LogP contribution in [0.15, 0.2) is 56.7 Å². The second kappa shape index (κ2) is 16.7. The molecule has 1 aromatic carbocycles. The van der Waals surface area contributed by atoms with Gasteiger partial charge >= 0.3 is 23.4 Å². The predicted octanol–water partition coefficient (Wildman–Crippen LogP) is 2.04. The summed E-state index contributed by atoms with van der Waals surface area (Å²) in [6, 6.07) is 7.01. The first-order valence-electron chi connectivity index (χ1n) is 16.7.